The maximum atomic E-state index is 9.65. The van der Waals surface area contributed by atoms with Crippen LogP contribution >= 0.6 is 0 Å². The van der Waals surface area contributed by atoms with Crippen molar-refractivity contribution in [2.24, 2.45) is 11.8 Å². The van der Waals surface area contributed by atoms with Gasteiger partial charge in [0.05, 0.1) is 6.10 Å². The molecule has 3 unspecified atom stereocenters. The standard InChI is InChI=1S/C10H18O/c1-3-5-10(11)9-7-4-6-8(9)2/h3,8-11H,1,4-7H2,2H3. The Labute approximate surface area is 69.1 Å². The second kappa shape index (κ2) is 3.91. The van der Waals surface area contributed by atoms with E-state index in [0.717, 1.165) is 6.42 Å². The summed E-state index contributed by atoms with van der Waals surface area (Å²) in [5.74, 6) is 1.25. The Morgan fingerprint density at radius 3 is 2.82 bits per heavy atom. The van der Waals surface area contributed by atoms with E-state index in [9.17, 15) is 5.11 Å². The van der Waals surface area contributed by atoms with E-state index in [0.29, 0.717) is 11.8 Å². The molecule has 1 aliphatic carbocycles. The third-order valence-corrected chi connectivity index (χ3v) is 2.83. The average Bonchev–Trinajstić information content (AvgIpc) is 2.36. The zero-order valence-electron chi connectivity index (χ0n) is 7.29. The molecule has 1 fully saturated rings. The van der Waals surface area contributed by atoms with Crippen molar-refractivity contribution in [2.45, 2.75) is 38.7 Å². The van der Waals surface area contributed by atoms with E-state index in [-0.39, 0.29) is 6.10 Å². The largest absolute Gasteiger partial charge is 0.393 e. The van der Waals surface area contributed by atoms with Gasteiger partial charge in [0.2, 0.25) is 0 Å². The number of hydrogen-bond acceptors (Lipinski definition) is 1. The molecule has 11 heavy (non-hydrogen) atoms. The first-order valence-electron chi connectivity index (χ1n) is 4.54. The fourth-order valence-corrected chi connectivity index (χ4v) is 2.09. The van der Waals surface area contributed by atoms with Crippen LogP contribution in [0.2, 0.25) is 0 Å². The maximum absolute atomic E-state index is 9.65. The molecule has 0 radical (unpaired) electrons. The monoisotopic (exact) mass is 154 g/mol. The van der Waals surface area contributed by atoms with Crippen LogP contribution < -0.4 is 0 Å². The second-order valence-electron chi connectivity index (χ2n) is 3.66. The van der Waals surface area contributed by atoms with Crippen LogP contribution in [0.3, 0.4) is 0 Å². The molecule has 0 aliphatic heterocycles. The van der Waals surface area contributed by atoms with Crippen molar-refractivity contribution in [3.63, 3.8) is 0 Å². The molecule has 0 aromatic carbocycles. The normalized spacial score (nSPS) is 33.6. The third kappa shape index (κ3) is 2.06. The molecule has 0 aromatic heterocycles. The summed E-state index contributed by atoms with van der Waals surface area (Å²) in [5.41, 5.74) is 0. The van der Waals surface area contributed by atoms with Crippen molar-refractivity contribution in [2.75, 3.05) is 0 Å². The Morgan fingerprint density at radius 2 is 2.36 bits per heavy atom. The number of aliphatic hydroxyl groups excluding tert-OH is 1. The van der Waals surface area contributed by atoms with Gasteiger partial charge < -0.3 is 5.11 Å². The van der Waals surface area contributed by atoms with Gasteiger partial charge in [-0.15, -0.1) is 6.58 Å². The molecular formula is C10H18O. The second-order valence-corrected chi connectivity index (χ2v) is 3.66. The van der Waals surface area contributed by atoms with E-state index >= 15 is 0 Å². The lowest BCUT2D eigenvalue weighted by molar-refractivity contribution is 0.0926. The summed E-state index contributed by atoms with van der Waals surface area (Å²) in [7, 11) is 0. The highest BCUT2D eigenvalue weighted by Crippen LogP contribution is 2.34. The van der Waals surface area contributed by atoms with E-state index in [2.05, 4.69) is 13.5 Å². The Hall–Kier alpha value is -0.300. The van der Waals surface area contributed by atoms with Gasteiger partial charge in [0.1, 0.15) is 0 Å². The summed E-state index contributed by atoms with van der Waals surface area (Å²) in [6, 6.07) is 0. The van der Waals surface area contributed by atoms with Crippen LogP contribution in [0.4, 0.5) is 0 Å². The molecule has 0 aromatic rings. The Morgan fingerprint density at radius 1 is 1.64 bits per heavy atom. The molecule has 64 valence electrons. The third-order valence-electron chi connectivity index (χ3n) is 2.83. The lowest BCUT2D eigenvalue weighted by Gasteiger charge is -2.20. The van der Waals surface area contributed by atoms with Gasteiger partial charge in [-0.25, -0.2) is 0 Å². The van der Waals surface area contributed by atoms with Crippen molar-refractivity contribution in [3.8, 4) is 0 Å². The summed E-state index contributed by atoms with van der Waals surface area (Å²) >= 11 is 0. The van der Waals surface area contributed by atoms with Crippen molar-refractivity contribution >= 4 is 0 Å². The van der Waals surface area contributed by atoms with Gasteiger partial charge in [0, 0.05) is 0 Å². The van der Waals surface area contributed by atoms with E-state index in [4.69, 9.17) is 0 Å². The molecule has 0 heterocycles. The molecule has 0 amide bonds. The number of aliphatic hydroxyl groups is 1. The Bertz CT molecular complexity index is 131. The minimum Gasteiger partial charge on any atom is -0.393 e. The molecule has 1 nitrogen and oxygen atoms in total. The average molecular weight is 154 g/mol. The molecule has 0 saturated heterocycles. The molecule has 0 bridgehead atoms. The summed E-state index contributed by atoms with van der Waals surface area (Å²) < 4.78 is 0. The molecule has 1 rings (SSSR count). The van der Waals surface area contributed by atoms with Crippen LogP contribution in [0.25, 0.3) is 0 Å². The summed E-state index contributed by atoms with van der Waals surface area (Å²) in [6.45, 7) is 5.88. The summed E-state index contributed by atoms with van der Waals surface area (Å²) in [6.07, 6.45) is 6.23. The fourth-order valence-electron chi connectivity index (χ4n) is 2.09. The van der Waals surface area contributed by atoms with Gasteiger partial charge in [-0.05, 0) is 24.7 Å². The van der Waals surface area contributed by atoms with Crippen molar-refractivity contribution in [3.05, 3.63) is 12.7 Å². The fraction of sp³-hybridized carbons (Fsp3) is 0.800. The predicted molar refractivity (Wildman–Crippen MR) is 47.3 cm³/mol. The van der Waals surface area contributed by atoms with Gasteiger partial charge in [-0.3, -0.25) is 0 Å². The van der Waals surface area contributed by atoms with Gasteiger partial charge >= 0.3 is 0 Å². The van der Waals surface area contributed by atoms with Gasteiger partial charge in [0.25, 0.3) is 0 Å². The van der Waals surface area contributed by atoms with Crippen LogP contribution in [-0.2, 0) is 0 Å². The molecule has 1 heteroatoms. The molecule has 1 N–H and O–H groups in total. The molecule has 1 aliphatic rings. The van der Waals surface area contributed by atoms with Crippen LogP contribution in [0.15, 0.2) is 12.7 Å². The lowest BCUT2D eigenvalue weighted by atomic mass is 9.90. The molecule has 1 saturated carbocycles. The van der Waals surface area contributed by atoms with Crippen molar-refractivity contribution < 1.29 is 5.11 Å². The smallest absolute Gasteiger partial charge is 0.0605 e. The SMILES string of the molecule is C=CCC(O)C1CCCC1C. The van der Waals surface area contributed by atoms with E-state index in [1.165, 1.54) is 19.3 Å². The van der Waals surface area contributed by atoms with E-state index in [1.54, 1.807) is 0 Å². The van der Waals surface area contributed by atoms with Crippen LogP contribution in [-0.4, -0.2) is 11.2 Å². The lowest BCUT2D eigenvalue weighted by Crippen LogP contribution is -2.21. The van der Waals surface area contributed by atoms with Crippen LogP contribution in [0, 0.1) is 11.8 Å². The number of rotatable bonds is 3. The van der Waals surface area contributed by atoms with Crippen LogP contribution in [0.5, 0.6) is 0 Å². The van der Waals surface area contributed by atoms with Gasteiger partial charge in [-0.2, -0.15) is 0 Å². The predicted octanol–water partition coefficient (Wildman–Crippen LogP) is 2.36. The van der Waals surface area contributed by atoms with E-state index in [1.807, 2.05) is 6.08 Å². The van der Waals surface area contributed by atoms with Crippen molar-refractivity contribution in [1.82, 2.24) is 0 Å². The molecule has 3 atom stereocenters. The molecular weight excluding hydrogens is 136 g/mol. The van der Waals surface area contributed by atoms with Crippen LogP contribution in [0.1, 0.15) is 32.6 Å². The van der Waals surface area contributed by atoms with Gasteiger partial charge in [-0.1, -0.05) is 25.8 Å². The highest BCUT2D eigenvalue weighted by Gasteiger charge is 2.28. The first-order chi connectivity index (χ1) is 5.25. The van der Waals surface area contributed by atoms with E-state index < -0.39 is 0 Å². The minimum atomic E-state index is -0.134. The Kier molecular flexibility index (Phi) is 3.13. The highest BCUT2D eigenvalue weighted by molar-refractivity contribution is 4.84. The molecule has 0 spiro atoms. The summed E-state index contributed by atoms with van der Waals surface area (Å²) in [5, 5.41) is 9.65. The first-order valence-corrected chi connectivity index (χ1v) is 4.54. The quantitative estimate of drug-likeness (QED) is 0.619. The maximum Gasteiger partial charge on any atom is 0.0605 e. The van der Waals surface area contributed by atoms with Gasteiger partial charge in [0.15, 0.2) is 0 Å². The zero-order chi connectivity index (χ0) is 8.27. The highest BCUT2D eigenvalue weighted by atomic mass is 16.3. The summed E-state index contributed by atoms with van der Waals surface area (Å²) in [4.78, 5) is 0. The topological polar surface area (TPSA) is 20.2 Å². The van der Waals surface area contributed by atoms with Crippen molar-refractivity contribution in [1.29, 1.82) is 0 Å². The minimum absolute atomic E-state index is 0.134. The number of hydrogen-bond donors (Lipinski definition) is 1. The first kappa shape index (κ1) is 8.79. The Balaban J connectivity index is 2.38. The zero-order valence-corrected chi connectivity index (χ0v) is 7.29.